The summed E-state index contributed by atoms with van der Waals surface area (Å²) in [5.74, 6) is 0. The van der Waals surface area contributed by atoms with Crippen LogP contribution in [0.25, 0.3) is 33.5 Å². The first-order valence-electron chi connectivity index (χ1n) is 11.4. The monoisotopic (exact) mass is 396 g/mol. The Morgan fingerprint density at radius 1 is 0.690 bits per heavy atom. The summed E-state index contributed by atoms with van der Waals surface area (Å²) in [5, 5.41) is 1.35. The molecule has 0 radical (unpaired) electrons. The predicted octanol–water partition coefficient (Wildman–Crippen LogP) is 6.94. The number of hydrogen-bond acceptors (Lipinski definition) is 1. The molecule has 0 spiro atoms. The molecule has 0 aliphatic rings. The smallest absolute Gasteiger partial charge is 0.0775 e. The van der Waals surface area contributed by atoms with Gasteiger partial charge in [-0.25, -0.2) is 0 Å². The van der Waals surface area contributed by atoms with Crippen molar-refractivity contribution in [2.75, 3.05) is 0 Å². The van der Waals surface area contributed by atoms with Crippen molar-refractivity contribution in [3.8, 4) is 33.5 Å². The third kappa shape index (κ3) is 4.23. The molecular weight excluding hydrogens is 366 g/mol. The number of rotatable bonds is 4. The van der Waals surface area contributed by atoms with Crippen molar-refractivity contribution in [1.29, 1.82) is 0 Å². The molecule has 29 heavy (non-hydrogen) atoms. The molecular formula is C27H27NSi. The molecule has 2 heteroatoms. The van der Waals surface area contributed by atoms with Crippen molar-refractivity contribution in [3.05, 3.63) is 96.7 Å². The van der Waals surface area contributed by atoms with E-state index in [9.17, 15) is 0 Å². The van der Waals surface area contributed by atoms with Crippen molar-refractivity contribution in [3.63, 3.8) is 0 Å². The molecule has 4 aromatic rings. The number of aromatic nitrogens is 1. The molecule has 0 fully saturated rings. The van der Waals surface area contributed by atoms with Crippen LogP contribution in [-0.2, 0) is 0 Å². The molecule has 4 rings (SSSR count). The van der Waals surface area contributed by atoms with Crippen LogP contribution in [0, 0.1) is 6.85 Å². The Morgan fingerprint density at radius 3 is 2.07 bits per heavy atom. The van der Waals surface area contributed by atoms with Gasteiger partial charge >= 0.3 is 0 Å². The number of nitrogens with zero attached hydrogens (tertiary/aromatic N) is 1. The van der Waals surface area contributed by atoms with E-state index in [1.807, 2.05) is 42.5 Å². The van der Waals surface area contributed by atoms with Crippen molar-refractivity contribution in [2.45, 2.75) is 26.5 Å². The Bertz CT molecular complexity index is 1220. The summed E-state index contributed by atoms with van der Waals surface area (Å²) >= 11 is 0. The zero-order valence-corrected chi connectivity index (χ0v) is 18.1. The van der Waals surface area contributed by atoms with Gasteiger partial charge in [-0.2, -0.15) is 0 Å². The van der Waals surface area contributed by atoms with Gasteiger partial charge in [0.2, 0.25) is 0 Å². The zero-order valence-electron chi connectivity index (χ0n) is 20.1. The highest BCUT2D eigenvalue weighted by atomic mass is 28.3. The topological polar surface area (TPSA) is 12.9 Å². The summed E-state index contributed by atoms with van der Waals surface area (Å²) in [6.07, 6.45) is 1.70. The molecule has 0 saturated heterocycles. The van der Waals surface area contributed by atoms with E-state index in [0.717, 1.165) is 22.3 Å². The van der Waals surface area contributed by atoms with Gasteiger partial charge in [-0.15, -0.1) is 0 Å². The Labute approximate surface area is 179 Å². The highest BCUT2D eigenvalue weighted by Gasteiger charge is 2.16. The molecule has 1 nitrogen and oxygen atoms in total. The van der Waals surface area contributed by atoms with Crippen molar-refractivity contribution >= 4 is 13.3 Å². The molecule has 0 unspecified atom stereocenters. The van der Waals surface area contributed by atoms with Crippen LogP contribution in [0.4, 0.5) is 0 Å². The molecule has 1 aromatic heterocycles. The SMILES string of the molecule is [2H]C([2H])([2H])c1cc(-c2cccc(-c3ccccc3)c2)ncc1-c1ccc([Si](C)(C)C)cc1. The van der Waals surface area contributed by atoms with Crippen LogP contribution >= 0.6 is 0 Å². The molecule has 0 aliphatic heterocycles. The minimum absolute atomic E-state index is 0.327. The first-order valence-corrected chi connectivity index (χ1v) is 13.4. The molecule has 0 atom stereocenters. The van der Waals surface area contributed by atoms with Gasteiger partial charge < -0.3 is 0 Å². The number of benzene rings is 3. The molecule has 0 bridgehead atoms. The lowest BCUT2D eigenvalue weighted by Gasteiger charge is -2.17. The molecule has 0 aliphatic carbocycles. The van der Waals surface area contributed by atoms with Gasteiger partial charge in [-0.05, 0) is 41.2 Å². The third-order valence-electron chi connectivity index (χ3n) is 5.23. The first kappa shape index (κ1) is 15.9. The number of aryl methyl sites for hydroxylation is 1. The van der Waals surface area contributed by atoms with Crippen molar-refractivity contribution in [2.24, 2.45) is 0 Å². The van der Waals surface area contributed by atoms with Gasteiger partial charge in [0.15, 0.2) is 0 Å². The normalized spacial score (nSPS) is 13.4. The highest BCUT2D eigenvalue weighted by molar-refractivity contribution is 6.88. The van der Waals surface area contributed by atoms with E-state index < -0.39 is 14.9 Å². The summed E-state index contributed by atoms with van der Waals surface area (Å²) < 4.78 is 24.5. The largest absolute Gasteiger partial charge is 0.256 e. The van der Waals surface area contributed by atoms with E-state index in [2.05, 4.69) is 61.0 Å². The third-order valence-corrected chi connectivity index (χ3v) is 7.30. The van der Waals surface area contributed by atoms with Crippen LogP contribution < -0.4 is 5.19 Å². The van der Waals surface area contributed by atoms with Crippen LogP contribution in [0.15, 0.2) is 91.1 Å². The van der Waals surface area contributed by atoms with Gasteiger partial charge in [0, 0.05) is 21.4 Å². The van der Waals surface area contributed by atoms with E-state index in [-0.39, 0.29) is 0 Å². The van der Waals surface area contributed by atoms with Crippen molar-refractivity contribution in [1.82, 2.24) is 4.98 Å². The molecule has 3 aromatic carbocycles. The quantitative estimate of drug-likeness (QED) is 0.341. The average Bonchev–Trinajstić information content (AvgIpc) is 2.78. The summed E-state index contributed by atoms with van der Waals surface area (Å²) in [6, 6.07) is 28.2. The minimum atomic E-state index is -2.23. The fourth-order valence-electron chi connectivity index (χ4n) is 3.48. The summed E-state index contributed by atoms with van der Waals surface area (Å²) in [6.45, 7) is 4.67. The van der Waals surface area contributed by atoms with Crippen LogP contribution in [-0.4, -0.2) is 13.1 Å². The predicted molar refractivity (Wildman–Crippen MR) is 128 cm³/mol. The van der Waals surface area contributed by atoms with Crippen LogP contribution in [0.1, 0.15) is 9.68 Å². The Hall–Kier alpha value is -2.97. The first-order chi connectivity index (χ1) is 15.1. The zero-order chi connectivity index (χ0) is 22.9. The Balaban J connectivity index is 1.78. The molecule has 0 N–H and O–H groups in total. The van der Waals surface area contributed by atoms with E-state index in [0.29, 0.717) is 16.8 Å². The number of hydrogen-bond donors (Lipinski definition) is 0. The van der Waals surface area contributed by atoms with Gasteiger partial charge in [-0.3, -0.25) is 4.98 Å². The fraction of sp³-hybridized carbons (Fsp3) is 0.148. The second-order valence-electron chi connectivity index (χ2n) is 8.39. The second kappa shape index (κ2) is 7.80. The lowest BCUT2D eigenvalue weighted by atomic mass is 9.98. The maximum Gasteiger partial charge on any atom is 0.0775 e. The van der Waals surface area contributed by atoms with Gasteiger partial charge in [0.05, 0.1) is 13.8 Å². The Morgan fingerprint density at radius 2 is 1.38 bits per heavy atom. The molecule has 144 valence electrons. The van der Waals surface area contributed by atoms with Crippen LogP contribution in [0.5, 0.6) is 0 Å². The lowest BCUT2D eigenvalue weighted by molar-refractivity contribution is 1.29. The van der Waals surface area contributed by atoms with E-state index in [4.69, 9.17) is 4.11 Å². The summed E-state index contributed by atoms with van der Waals surface area (Å²) in [7, 11) is -1.42. The summed E-state index contributed by atoms with van der Waals surface area (Å²) in [5.41, 5.74) is 5.63. The fourth-order valence-corrected chi connectivity index (χ4v) is 4.65. The average molecular weight is 397 g/mol. The van der Waals surface area contributed by atoms with Gasteiger partial charge in [-0.1, -0.05) is 97.6 Å². The van der Waals surface area contributed by atoms with Crippen LogP contribution in [0.3, 0.4) is 0 Å². The van der Waals surface area contributed by atoms with Crippen molar-refractivity contribution < 1.29 is 4.11 Å². The molecule has 1 heterocycles. The minimum Gasteiger partial charge on any atom is -0.256 e. The standard InChI is InChI=1S/C27H27NSi/c1-20-17-27(24-12-8-11-23(18-24)21-9-6-5-7-10-21)28-19-26(20)22-13-15-25(16-14-22)29(2,3)4/h5-19H,1-4H3/i1D3. The maximum atomic E-state index is 8.15. The van der Waals surface area contributed by atoms with E-state index >= 15 is 0 Å². The summed E-state index contributed by atoms with van der Waals surface area (Å²) in [4.78, 5) is 4.66. The highest BCUT2D eigenvalue weighted by Crippen LogP contribution is 2.29. The second-order valence-corrected chi connectivity index (χ2v) is 13.5. The lowest BCUT2D eigenvalue weighted by Crippen LogP contribution is -2.37. The Kier molecular flexibility index (Phi) is 4.28. The van der Waals surface area contributed by atoms with Gasteiger partial charge in [0.1, 0.15) is 0 Å². The van der Waals surface area contributed by atoms with E-state index in [1.165, 1.54) is 5.19 Å². The number of pyridine rings is 1. The van der Waals surface area contributed by atoms with E-state index in [1.54, 1.807) is 12.3 Å². The van der Waals surface area contributed by atoms with Crippen LogP contribution in [0.2, 0.25) is 19.6 Å². The molecule has 0 amide bonds. The molecule has 0 saturated carbocycles. The van der Waals surface area contributed by atoms with Gasteiger partial charge in [0.25, 0.3) is 0 Å². The maximum absolute atomic E-state index is 8.15.